The quantitative estimate of drug-likeness (QED) is 0.0397. The van der Waals surface area contributed by atoms with Gasteiger partial charge >= 0.3 is 247 Å². The van der Waals surface area contributed by atoms with Crippen LogP contribution in [0, 0.1) is 5.92 Å². The Hall–Kier alpha value is -1.07. The Bertz CT molecular complexity index is 1290. The van der Waals surface area contributed by atoms with E-state index in [0.717, 1.165) is 5.56 Å². The molecule has 1 aromatic heterocycles. The molecule has 1 unspecified atom stereocenters. The van der Waals surface area contributed by atoms with Crippen LogP contribution in [-0.2, 0) is 4.74 Å². The molecule has 2 aromatic carbocycles. The molecule has 49 heavy (non-hydrogen) atoms. The van der Waals surface area contributed by atoms with Gasteiger partial charge in [-0.2, -0.15) is 0 Å². The van der Waals surface area contributed by atoms with Crippen LogP contribution < -0.4 is 2.89 Å². The maximum absolute atomic E-state index is 14.1. The van der Waals surface area contributed by atoms with E-state index in [2.05, 4.69) is 82.4 Å². The second kappa shape index (κ2) is 25.0. The van der Waals surface area contributed by atoms with Crippen LogP contribution in [0.4, 0.5) is 0 Å². The van der Waals surface area contributed by atoms with Gasteiger partial charge in [0.25, 0.3) is 0 Å². The first-order valence-electron chi connectivity index (χ1n) is 21.2. The first kappa shape index (κ1) is 42.3. The van der Waals surface area contributed by atoms with Gasteiger partial charge < -0.3 is 0 Å². The van der Waals surface area contributed by atoms with E-state index in [9.17, 15) is 4.79 Å². The minimum atomic E-state index is -2.66. The van der Waals surface area contributed by atoms with Crippen LogP contribution in [0.2, 0.25) is 13.3 Å². The van der Waals surface area contributed by atoms with E-state index in [4.69, 9.17) is 4.74 Å². The molecule has 3 rings (SSSR count). The van der Waals surface area contributed by atoms with Gasteiger partial charge in [-0.25, -0.2) is 0 Å². The molecule has 0 spiro atoms. The predicted octanol–water partition coefficient (Wildman–Crippen LogP) is 15.2. The molecule has 4 heteroatoms. The second-order valence-electron chi connectivity index (χ2n) is 15.4. The zero-order chi connectivity index (χ0) is 35.2. The van der Waals surface area contributed by atoms with Crippen LogP contribution in [0.25, 0.3) is 20.9 Å². The van der Waals surface area contributed by atoms with Crippen molar-refractivity contribution in [2.75, 3.05) is 6.61 Å². The average molecular weight is 798 g/mol. The van der Waals surface area contributed by atoms with Crippen LogP contribution in [0.1, 0.15) is 186 Å². The number of rotatable bonds is 29. The standard InChI is InChI=1S/C33H47O2S.3C4H9.Sn/c1-3-5-7-9-11-12-14-16-20-27(19-15-13-10-8-6-4-2)26-35-33(34)31-25-28-21-17-18-22-29(28)32-30(31)23-24-36-32;3*1-3-4-2;/h17-18,21-23,25,27H,3-16,19-20,26H2,1-2H3;3*1,3-4H2,2H3;. The van der Waals surface area contributed by atoms with Crippen molar-refractivity contribution in [2.24, 2.45) is 5.92 Å². The summed E-state index contributed by atoms with van der Waals surface area (Å²) in [6, 6.07) is 13.4. The molecular weight excluding hydrogens is 723 g/mol. The fourth-order valence-electron chi connectivity index (χ4n) is 7.94. The van der Waals surface area contributed by atoms with Crippen LogP contribution in [0.5, 0.6) is 0 Å². The molecule has 0 bridgehead atoms. The molecule has 0 radical (unpaired) electrons. The average Bonchev–Trinajstić information content (AvgIpc) is 3.58. The van der Waals surface area contributed by atoms with Crippen LogP contribution >= 0.6 is 11.3 Å². The number of hydrogen-bond acceptors (Lipinski definition) is 3. The van der Waals surface area contributed by atoms with E-state index in [1.807, 2.05) is 0 Å². The van der Waals surface area contributed by atoms with Gasteiger partial charge in [0, 0.05) is 0 Å². The topological polar surface area (TPSA) is 26.3 Å². The van der Waals surface area contributed by atoms with Crippen LogP contribution in [0.15, 0.2) is 36.4 Å². The molecular formula is C45H74O2SSn. The number of thiophene rings is 1. The SMILES string of the molecule is CCCCCCCCCCC(CCCCCCCC)COC(=O)c1cc2ccccc2c2s[c]([Sn]([CH2]CCC)([CH2]CCC)[CH2]CCC)cc12. The number of carbonyl (C=O) groups excluding carboxylic acids is 1. The number of esters is 1. The third-order valence-electron chi connectivity index (χ3n) is 11.2. The molecule has 2 nitrogen and oxygen atoms in total. The molecule has 0 fully saturated rings. The van der Waals surface area contributed by atoms with E-state index in [1.165, 1.54) is 175 Å². The Morgan fingerprint density at radius 3 is 1.63 bits per heavy atom. The summed E-state index contributed by atoms with van der Waals surface area (Å²) in [6.07, 6.45) is 29.0. The van der Waals surface area contributed by atoms with E-state index >= 15 is 0 Å². The van der Waals surface area contributed by atoms with Gasteiger partial charge in [-0.15, -0.1) is 0 Å². The molecule has 0 aliphatic rings. The number of carbonyl (C=O) groups is 1. The first-order valence-corrected chi connectivity index (χ1v) is 29.5. The third-order valence-corrected chi connectivity index (χ3v) is 30.6. The molecule has 0 amide bonds. The fourth-order valence-corrected chi connectivity index (χ4v) is 28.3. The van der Waals surface area contributed by atoms with Crippen molar-refractivity contribution in [3.63, 3.8) is 0 Å². The van der Waals surface area contributed by atoms with Crippen molar-refractivity contribution in [1.82, 2.24) is 0 Å². The summed E-state index contributed by atoms with van der Waals surface area (Å²) < 4.78 is 13.7. The Morgan fingerprint density at radius 2 is 1.10 bits per heavy atom. The van der Waals surface area contributed by atoms with E-state index in [0.29, 0.717) is 12.5 Å². The first-order chi connectivity index (χ1) is 24.0. The number of benzene rings is 2. The van der Waals surface area contributed by atoms with Crippen molar-refractivity contribution in [3.05, 3.63) is 42.0 Å². The molecule has 0 saturated heterocycles. The van der Waals surface area contributed by atoms with Gasteiger partial charge in [-0.05, 0) is 0 Å². The molecule has 0 aliphatic carbocycles. The van der Waals surface area contributed by atoms with Gasteiger partial charge in [-0.1, -0.05) is 65.2 Å². The second-order valence-corrected chi connectivity index (χ2v) is 30.6. The number of hydrogen-bond donors (Lipinski definition) is 0. The molecule has 276 valence electrons. The summed E-state index contributed by atoms with van der Waals surface area (Å²) >= 11 is -0.593. The number of ether oxygens (including phenoxy) is 1. The van der Waals surface area contributed by atoms with Crippen LogP contribution in [0.3, 0.4) is 0 Å². The summed E-state index contributed by atoms with van der Waals surface area (Å²) in [4.78, 5) is 14.1. The van der Waals surface area contributed by atoms with Crippen molar-refractivity contribution < 1.29 is 9.53 Å². The van der Waals surface area contributed by atoms with E-state index in [1.54, 1.807) is 2.89 Å². The van der Waals surface area contributed by atoms with Gasteiger partial charge in [0.2, 0.25) is 0 Å². The Morgan fingerprint density at radius 1 is 0.612 bits per heavy atom. The van der Waals surface area contributed by atoms with E-state index < -0.39 is 18.4 Å². The molecule has 3 aromatic rings. The molecule has 0 aliphatic heterocycles. The Kier molecular flexibility index (Phi) is 21.6. The minimum absolute atomic E-state index is 0.0968. The van der Waals surface area contributed by atoms with Crippen molar-refractivity contribution in [2.45, 2.75) is 189 Å². The zero-order valence-electron chi connectivity index (χ0n) is 32.7. The maximum atomic E-state index is 14.1. The normalized spacial score (nSPS) is 12.7. The van der Waals surface area contributed by atoms with Gasteiger partial charge in [0.1, 0.15) is 0 Å². The van der Waals surface area contributed by atoms with E-state index in [-0.39, 0.29) is 5.97 Å². The van der Waals surface area contributed by atoms with Gasteiger partial charge in [0.15, 0.2) is 0 Å². The molecule has 0 saturated carbocycles. The number of fused-ring (bicyclic) bond motifs is 3. The summed E-state index contributed by atoms with van der Waals surface area (Å²) in [5.74, 6) is 0.380. The zero-order valence-corrected chi connectivity index (χ0v) is 36.3. The Balaban J connectivity index is 1.83. The van der Waals surface area contributed by atoms with Crippen molar-refractivity contribution in [3.8, 4) is 0 Å². The number of unbranched alkanes of at least 4 members (excludes halogenated alkanes) is 15. The van der Waals surface area contributed by atoms with Crippen molar-refractivity contribution >= 4 is 59.4 Å². The van der Waals surface area contributed by atoms with Crippen LogP contribution in [-0.4, -0.2) is 31.0 Å². The van der Waals surface area contributed by atoms with Crippen molar-refractivity contribution in [1.29, 1.82) is 0 Å². The summed E-state index contributed by atoms with van der Waals surface area (Å²) in [5.41, 5.74) is 0.809. The summed E-state index contributed by atoms with van der Waals surface area (Å²) in [6.45, 7) is 12.2. The summed E-state index contributed by atoms with van der Waals surface area (Å²) in [5, 5.41) is 3.65. The van der Waals surface area contributed by atoms with Gasteiger partial charge in [0.05, 0.1) is 0 Å². The molecule has 1 heterocycles. The van der Waals surface area contributed by atoms with Gasteiger partial charge in [-0.3, -0.25) is 0 Å². The monoisotopic (exact) mass is 798 g/mol. The predicted molar refractivity (Wildman–Crippen MR) is 223 cm³/mol. The Labute approximate surface area is 310 Å². The third kappa shape index (κ3) is 14.1. The summed E-state index contributed by atoms with van der Waals surface area (Å²) in [7, 11) is 0. The fraction of sp³-hybridized carbons (Fsp3) is 0.711. The molecule has 1 atom stereocenters. The molecule has 0 N–H and O–H groups in total.